The van der Waals surface area contributed by atoms with Crippen LogP contribution in [0.1, 0.15) is 31.5 Å². The highest BCUT2D eigenvalue weighted by atomic mass is 16.2. The molecule has 1 saturated heterocycles. The van der Waals surface area contributed by atoms with E-state index in [0.717, 1.165) is 37.3 Å². The van der Waals surface area contributed by atoms with Crippen molar-refractivity contribution in [3.8, 4) is 0 Å². The zero-order chi connectivity index (χ0) is 13.4. The molecule has 3 heterocycles. The summed E-state index contributed by atoms with van der Waals surface area (Å²) in [6.07, 6.45) is 3.50. The van der Waals surface area contributed by atoms with Crippen molar-refractivity contribution in [2.75, 3.05) is 18.8 Å². The predicted octanol–water partition coefficient (Wildman–Crippen LogP) is 1.27. The molecule has 0 atom stereocenters. The number of imidazole rings is 1. The average Bonchev–Trinajstić information content (AvgIpc) is 2.81. The van der Waals surface area contributed by atoms with Gasteiger partial charge in [-0.2, -0.15) is 0 Å². The molecule has 3 rings (SSSR count). The monoisotopic (exact) mass is 259 g/mol. The van der Waals surface area contributed by atoms with Gasteiger partial charge in [-0.05, 0) is 18.9 Å². The number of aromatic nitrogens is 3. The Morgan fingerprint density at radius 2 is 2.21 bits per heavy atom. The van der Waals surface area contributed by atoms with Crippen LogP contribution in [0.5, 0.6) is 0 Å². The molecule has 2 aromatic heterocycles. The molecule has 6 heteroatoms. The standard InChI is InChI=1S/C13H17N5O/c1-8(19)18-4-2-9(3-5-18)12-16-11-6-10(14)7-15-13(11)17-12/h6-7,9H,2-5,14H2,1H3,(H,15,16,17). The van der Waals surface area contributed by atoms with Gasteiger partial charge in [0.25, 0.3) is 0 Å². The van der Waals surface area contributed by atoms with E-state index in [1.54, 1.807) is 13.1 Å². The summed E-state index contributed by atoms with van der Waals surface area (Å²) in [5.41, 5.74) is 7.93. The number of likely N-dealkylation sites (tertiary alicyclic amines) is 1. The molecule has 19 heavy (non-hydrogen) atoms. The normalized spacial score (nSPS) is 17.0. The first-order chi connectivity index (χ1) is 9.13. The third-order valence-corrected chi connectivity index (χ3v) is 3.70. The second kappa shape index (κ2) is 4.53. The number of pyridine rings is 1. The summed E-state index contributed by atoms with van der Waals surface area (Å²) < 4.78 is 0. The first-order valence-electron chi connectivity index (χ1n) is 6.50. The fourth-order valence-corrected chi connectivity index (χ4v) is 2.60. The van der Waals surface area contributed by atoms with Crippen LogP contribution in [0.3, 0.4) is 0 Å². The summed E-state index contributed by atoms with van der Waals surface area (Å²) in [5.74, 6) is 1.47. The fraction of sp³-hybridized carbons (Fsp3) is 0.462. The van der Waals surface area contributed by atoms with Crippen LogP contribution in [0.15, 0.2) is 12.3 Å². The second-order valence-electron chi connectivity index (χ2n) is 5.04. The summed E-state index contributed by atoms with van der Waals surface area (Å²) >= 11 is 0. The van der Waals surface area contributed by atoms with E-state index in [0.29, 0.717) is 17.3 Å². The first-order valence-corrected chi connectivity index (χ1v) is 6.50. The van der Waals surface area contributed by atoms with Crippen molar-refractivity contribution in [1.29, 1.82) is 0 Å². The summed E-state index contributed by atoms with van der Waals surface area (Å²) in [4.78, 5) is 25.2. The van der Waals surface area contributed by atoms with Gasteiger partial charge in [-0.1, -0.05) is 0 Å². The van der Waals surface area contributed by atoms with E-state index < -0.39 is 0 Å². The number of rotatable bonds is 1. The molecule has 0 spiro atoms. The molecule has 0 unspecified atom stereocenters. The molecule has 3 N–H and O–H groups in total. The smallest absolute Gasteiger partial charge is 0.219 e. The van der Waals surface area contributed by atoms with Crippen molar-refractivity contribution in [2.45, 2.75) is 25.7 Å². The number of amides is 1. The van der Waals surface area contributed by atoms with Crippen LogP contribution < -0.4 is 5.73 Å². The van der Waals surface area contributed by atoms with Crippen molar-refractivity contribution in [3.05, 3.63) is 18.1 Å². The molecule has 1 aliphatic heterocycles. The van der Waals surface area contributed by atoms with Gasteiger partial charge in [-0.3, -0.25) is 4.79 Å². The van der Waals surface area contributed by atoms with Gasteiger partial charge >= 0.3 is 0 Å². The highest BCUT2D eigenvalue weighted by molar-refractivity contribution is 5.74. The second-order valence-corrected chi connectivity index (χ2v) is 5.04. The minimum atomic E-state index is 0.150. The molecule has 6 nitrogen and oxygen atoms in total. The molecule has 100 valence electrons. The number of fused-ring (bicyclic) bond motifs is 1. The molecule has 0 aromatic carbocycles. The molecule has 1 aliphatic rings. The van der Waals surface area contributed by atoms with E-state index >= 15 is 0 Å². The SMILES string of the molecule is CC(=O)N1CCC(c2nc3ncc(N)cc3[nH]2)CC1. The molecule has 0 radical (unpaired) electrons. The molecule has 1 fully saturated rings. The van der Waals surface area contributed by atoms with E-state index in [4.69, 9.17) is 5.73 Å². The minimum Gasteiger partial charge on any atom is -0.397 e. The molecule has 0 aliphatic carbocycles. The lowest BCUT2D eigenvalue weighted by Gasteiger charge is -2.30. The van der Waals surface area contributed by atoms with Crippen molar-refractivity contribution in [3.63, 3.8) is 0 Å². The van der Waals surface area contributed by atoms with Crippen LogP contribution in [0.2, 0.25) is 0 Å². The van der Waals surface area contributed by atoms with Crippen LogP contribution in [-0.2, 0) is 4.79 Å². The topological polar surface area (TPSA) is 87.9 Å². The maximum Gasteiger partial charge on any atom is 0.219 e. The van der Waals surface area contributed by atoms with E-state index in [1.807, 2.05) is 11.0 Å². The summed E-state index contributed by atoms with van der Waals surface area (Å²) in [5, 5.41) is 0. The zero-order valence-corrected chi connectivity index (χ0v) is 10.9. The zero-order valence-electron chi connectivity index (χ0n) is 10.9. The number of hydrogen-bond donors (Lipinski definition) is 2. The van der Waals surface area contributed by atoms with Gasteiger partial charge in [0.1, 0.15) is 5.82 Å². The number of nitrogen functional groups attached to an aromatic ring is 1. The lowest BCUT2D eigenvalue weighted by atomic mass is 9.96. The Bertz CT molecular complexity index is 613. The number of hydrogen-bond acceptors (Lipinski definition) is 4. The summed E-state index contributed by atoms with van der Waals surface area (Å²) in [7, 11) is 0. The van der Waals surface area contributed by atoms with Gasteiger partial charge in [0, 0.05) is 25.9 Å². The third-order valence-electron chi connectivity index (χ3n) is 3.70. The van der Waals surface area contributed by atoms with Gasteiger partial charge in [0.2, 0.25) is 5.91 Å². The molecular formula is C13H17N5O. The van der Waals surface area contributed by atoms with E-state index in [2.05, 4.69) is 15.0 Å². The van der Waals surface area contributed by atoms with Crippen LogP contribution in [0.4, 0.5) is 5.69 Å². The lowest BCUT2D eigenvalue weighted by molar-refractivity contribution is -0.129. The van der Waals surface area contributed by atoms with E-state index in [-0.39, 0.29) is 5.91 Å². The van der Waals surface area contributed by atoms with E-state index in [1.165, 1.54) is 0 Å². The number of H-pyrrole nitrogens is 1. The van der Waals surface area contributed by atoms with Crippen molar-refractivity contribution in [1.82, 2.24) is 19.9 Å². The van der Waals surface area contributed by atoms with Crippen LogP contribution >= 0.6 is 0 Å². The van der Waals surface area contributed by atoms with Gasteiger partial charge < -0.3 is 15.6 Å². The van der Waals surface area contributed by atoms with Gasteiger partial charge in [-0.25, -0.2) is 9.97 Å². The maximum absolute atomic E-state index is 11.3. The van der Waals surface area contributed by atoms with E-state index in [9.17, 15) is 4.79 Å². The minimum absolute atomic E-state index is 0.150. The van der Waals surface area contributed by atoms with Gasteiger partial charge in [0.15, 0.2) is 5.65 Å². The summed E-state index contributed by atoms with van der Waals surface area (Å²) in [6.45, 7) is 3.22. The van der Waals surface area contributed by atoms with Crippen molar-refractivity contribution < 1.29 is 4.79 Å². The number of carbonyl (C=O) groups excluding carboxylic acids is 1. The molecule has 0 bridgehead atoms. The summed E-state index contributed by atoms with van der Waals surface area (Å²) in [6, 6.07) is 1.85. The largest absolute Gasteiger partial charge is 0.397 e. The Hall–Kier alpha value is -2.11. The first kappa shape index (κ1) is 12.0. The van der Waals surface area contributed by atoms with Crippen molar-refractivity contribution in [2.24, 2.45) is 0 Å². The van der Waals surface area contributed by atoms with Gasteiger partial charge in [-0.15, -0.1) is 0 Å². The molecule has 1 amide bonds. The Morgan fingerprint density at radius 3 is 2.89 bits per heavy atom. The Morgan fingerprint density at radius 1 is 1.47 bits per heavy atom. The van der Waals surface area contributed by atoms with Gasteiger partial charge in [0.05, 0.1) is 17.4 Å². The fourth-order valence-electron chi connectivity index (χ4n) is 2.60. The highest BCUT2D eigenvalue weighted by Gasteiger charge is 2.24. The quantitative estimate of drug-likeness (QED) is 0.807. The van der Waals surface area contributed by atoms with Crippen LogP contribution in [-0.4, -0.2) is 38.8 Å². The molecule has 2 aromatic rings. The highest BCUT2D eigenvalue weighted by Crippen LogP contribution is 2.27. The number of anilines is 1. The average molecular weight is 259 g/mol. The molecule has 0 saturated carbocycles. The number of piperidine rings is 1. The number of nitrogens with zero attached hydrogens (tertiary/aromatic N) is 3. The third kappa shape index (κ3) is 2.25. The number of nitrogens with two attached hydrogens (primary N) is 1. The Balaban J connectivity index is 1.80. The number of nitrogens with one attached hydrogen (secondary N) is 1. The molecular weight excluding hydrogens is 242 g/mol. The van der Waals surface area contributed by atoms with Crippen molar-refractivity contribution >= 4 is 22.8 Å². The number of carbonyl (C=O) groups is 1. The Labute approximate surface area is 111 Å². The Kier molecular flexibility index (Phi) is 2.85. The predicted molar refractivity (Wildman–Crippen MR) is 72.5 cm³/mol. The van der Waals surface area contributed by atoms with Crippen LogP contribution in [0.25, 0.3) is 11.2 Å². The lowest BCUT2D eigenvalue weighted by Crippen LogP contribution is -2.36. The number of aromatic amines is 1. The van der Waals surface area contributed by atoms with Crippen LogP contribution in [0, 0.1) is 0 Å². The maximum atomic E-state index is 11.3.